The Labute approximate surface area is 103 Å². The highest BCUT2D eigenvalue weighted by Crippen LogP contribution is 2.26. The van der Waals surface area contributed by atoms with E-state index in [4.69, 9.17) is 16.4 Å². The minimum absolute atomic E-state index is 0.409. The Balaban J connectivity index is 2.53. The molecule has 1 aromatic carbocycles. The van der Waals surface area contributed by atoms with Gasteiger partial charge < -0.3 is 8.81 Å². The molecule has 17 heavy (non-hydrogen) atoms. The van der Waals surface area contributed by atoms with Crippen molar-refractivity contribution in [1.29, 1.82) is 0 Å². The molecule has 2 aromatic rings. The van der Waals surface area contributed by atoms with Gasteiger partial charge in [0, 0.05) is 11.6 Å². The third-order valence-corrected chi connectivity index (χ3v) is 2.66. The van der Waals surface area contributed by atoms with Crippen LogP contribution >= 0.6 is 11.9 Å². The van der Waals surface area contributed by atoms with E-state index < -0.39 is 5.97 Å². The monoisotopic (exact) mass is 251 g/mol. The molecule has 0 bridgehead atoms. The van der Waals surface area contributed by atoms with Gasteiger partial charge in [0.2, 0.25) is 0 Å². The molecule has 0 saturated carbocycles. The van der Waals surface area contributed by atoms with Crippen LogP contribution in [-0.4, -0.2) is 11.1 Å². The molecule has 5 heteroatoms. The molecular weight excluding hydrogens is 242 g/mol. The molecular formula is C12H10ClNO3. The van der Waals surface area contributed by atoms with Gasteiger partial charge in [-0.25, -0.2) is 4.79 Å². The lowest BCUT2D eigenvalue weighted by atomic mass is 10.0. The number of hydrogen-bond donors (Lipinski definition) is 0. The average molecular weight is 252 g/mol. The molecule has 0 unspecified atom stereocenters. The van der Waals surface area contributed by atoms with Crippen molar-refractivity contribution in [1.82, 2.24) is 5.16 Å². The van der Waals surface area contributed by atoms with Crippen LogP contribution in [0.5, 0.6) is 0 Å². The Morgan fingerprint density at radius 3 is 2.76 bits per heavy atom. The quantitative estimate of drug-likeness (QED) is 0.822. The Kier molecular flexibility index (Phi) is 3.15. The van der Waals surface area contributed by atoms with E-state index in [1.54, 1.807) is 25.1 Å². The van der Waals surface area contributed by atoms with Crippen LogP contribution in [0.1, 0.15) is 21.6 Å². The highest BCUT2D eigenvalue weighted by molar-refractivity contribution is 6.16. The first-order valence-electron chi connectivity index (χ1n) is 4.99. The Morgan fingerprint density at radius 2 is 2.18 bits per heavy atom. The molecule has 88 valence electrons. The van der Waals surface area contributed by atoms with Crippen LogP contribution in [-0.2, 0) is 4.29 Å². The van der Waals surface area contributed by atoms with Gasteiger partial charge in [-0.1, -0.05) is 17.3 Å². The molecule has 1 aromatic heterocycles. The van der Waals surface area contributed by atoms with Crippen molar-refractivity contribution in [3.8, 4) is 11.3 Å². The Hall–Kier alpha value is -1.81. The number of rotatable bonds is 2. The number of halogens is 1. The van der Waals surface area contributed by atoms with Crippen LogP contribution in [0.4, 0.5) is 0 Å². The van der Waals surface area contributed by atoms with Gasteiger partial charge in [0.15, 0.2) is 5.76 Å². The summed E-state index contributed by atoms with van der Waals surface area (Å²) in [5, 5.41) is 3.81. The molecule has 0 atom stereocenters. The third kappa shape index (κ3) is 2.17. The number of aryl methyl sites for hydroxylation is 1. The number of carbonyl (C=O) groups is 1. The molecule has 0 saturated heterocycles. The Bertz CT molecular complexity index is 563. The zero-order valence-electron chi connectivity index (χ0n) is 9.36. The topological polar surface area (TPSA) is 52.3 Å². The standard InChI is InChI=1S/C12H10ClNO3/c1-7-6-11(17-14-7)9-4-3-5-10(8(9)2)12(15)16-13/h3-6H,1-2H3. The Morgan fingerprint density at radius 1 is 1.41 bits per heavy atom. The number of nitrogens with zero attached hydrogens (tertiary/aromatic N) is 1. The molecule has 0 N–H and O–H groups in total. The van der Waals surface area contributed by atoms with E-state index in [-0.39, 0.29) is 0 Å². The summed E-state index contributed by atoms with van der Waals surface area (Å²) in [6.07, 6.45) is 0. The van der Waals surface area contributed by atoms with Crippen molar-refractivity contribution >= 4 is 17.8 Å². The van der Waals surface area contributed by atoms with Gasteiger partial charge in [0.05, 0.1) is 11.3 Å². The molecule has 0 fully saturated rings. The van der Waals surface area contributed by atoms with Crippen molar-refractivity contribution in [3.63, 3.8) is 0 Å². The number of carbonyl (C=O) groups excluding carboxylic acids is 1. The van der Waals surface area contributed by atoms with Crippen LogP contribution in [0.3, 0.4) is 0 Å². The van der Waals surface area contributed by atoms with Crippen LogP contribution in [0, 0.1) is 13.8 Å². The van der Waals surface area contributed by atoms with Crippen LogP contribution in [0.2, 0.25) is 0 Å². The summed E-state index contributed by atoms with van der Waals surface area (Å²) in [6.45, 7) is 3.63. The molecule has 0 aliphatic carbocycles. The van der Waals surface area contributed by atoms with Gasteiger partial charge in [0.25, 0.3) is 0 Å². The van der Waals surface area contributed by atoms with Crippen molar-refractivity contribution in [2.75, 3.05) is 0 Å². The second-order valence-corrected chi connectivity index (χ2v) is 3.83. The van der Waals surface area contributed by atoms with Gasteiger partial charge in [0.1, 0.15) is 11.9 Å². The molecule has 1 heterocycles. The van der Waals surface area contributed by atoms with E-state index in [9.17, 15) is 4.79 Å². The zero-order chi connectivity index (χ0) is 12.4. The van der Waals surface area contributed by atoms with E-state index in [0.717, 1.165) is 16.8 Å². The second kappa shape index (κ2) is 4.59. The predicted molar refractivity (Wildman–Crippen MR) is 62.7 cm³/mol. The van der Waals surface area contributed by atoms with E-state index in [1.807, 2.05) is 13.0 Å². The maximum atomic E-state index is 11.4. The molecule has 0 aliphatic rings. The lowest BCUT2D eigenvalue weighted by Crippen LogP contribution is -2.01. The van der Waals surface area contributed by atoms with Crippen molar-refractivity contribution in [3.05, 3.63) is 41.1 Å². The molecule has 0 amide bonds. The van der Waals surface area contributed by atoms with E-state index >= 15 is 0 Å². The fraction of sp³-hybridized carbons (Fsp3) is 0.167. The third-order valence-electron chi connectivity index (χ3n) is 2.52. The molecule has 0 radical (unpaired) electrons. The van der Waals surface area contributed by atoms with Crippen molar-refractivity contribution in [2.24, 2.45) is 0 Å². The maximum Gasteiger partial charge on any atom is 0.356 e. The van der Waals surface area contributed by atoms with Gasteiger partial charge in [-0.2, -0.15) is 0 Å². The SMILES string of the molecule is Cc1cc(-c2cccc(C(=O)OCl)c2C)on1. The van der Waals surface area contributed by atoms with Gasteiger partial charge >= 0.3 is 5.97 Å². The second-order valence-electron chi connectivity index (χ2n) is 3.68. The highest BCUT2D eigenvalue weighted by Gasteiger charge is 2.15. The number of hydrogen-bond acceptors (Lipinski definition) is 4. The van der Waals surface area contributed by atoms with Gasteiger partial charge in [-0.3, -0.25) is 0 Å². The normalized spacial score (nSPS) is 10.3. The summed E-state index contributed by atoms with van der Waals surface area (Å²) >= 11 is 5.08. The van der Waals surface area contributed by atoms with Crippen LogP contribution < -0.4 is 0 Å². The summed E-state index contributed by atoms with van der Waals surface area (Å²) < 4.78 is 9.36. The average Bonchev–Trinajstić information content (AvgIpc) is 2.75. The fourth-order valence-electron chi connectivity index (χ4n) is 1.66. The predicted octanol–water partition coefficient (Wildman–Crippen LogP) is 3.27. The molecule has 4 nitrogen and oxygen atoms in total. The summed E-state index contributed by atoms with van der Waals surface area (Å²) in [4.78, 5) is 11.4. The van der Waals surface area contributed by atoms with Crippen LogP contribution in [0.15, 0.2) is 28.8 Å². The first kappa shape index (κ1) is 11.7. The van der Waals surface area contributed by atoms with Crippen molar-refractivity contribution in [2.45, 2.75) is 13.8 Å². The summed E-state index contributed by atoms with van der Waals surface area (Å²) in [6, 6.07) is 7.04. The summed E-state index contributed by atoms with van der Waals surface area (Å²) in [7, 11) is 0. The van der Waals surface area contributed by atoms with Crippen LogP contribution in [0.25, 0.3) is 11.3 Å². The lowest BCUT2D eigenvalue weighted by Gasteiger charge is -2.05. The lowest BCUT2D eigenvalue weighted by molar-refractivity contribution is 0.0750. The fourth-order valence-corrected chi connectivity index (χ4v) is 1.74. The van der Waals surface area contributed by atoms with Gasteiger partial charge in [-0.15, -0.1) is 0 Å². The van der Waals surface area contributed by atoms with Gasteiger partial charge in [-0.05, 0) is 25.5 Å². The maximum absolute atomic E-state index is 11.4. The van der Waals surface area contributed by atoms with E-state index in [2.05, 4.69) is 9.45 Å². The first-order chi connectivity index (χ1) is 8.13. The summed E-state index contributed by atoms with van der Waals surface area (Å²) in [5.74, 6) is 0.0338. The minimum Gasteiger partial charge on any atom is -0.356 e. The van der Waals surface area contributed by atoms with Crippen molar-refractivity contribution < 1.29 is 13.6 Å². The number of benzene rings is 1. The molecule has 2 rings (SSSR count). The minimum atomic E-state index is -0.581. The summed E-state index contributed by atoms with van der Waals surface area (Å²) in [5.41, 5.74) is 2.73. The smallest absolute Gasteiger partial charge is 0.356 e. The first-order valence-corrected chi connectivity index (χ1v) is 5.30. The number of aromatic nitrogens is 1. The largest absolute Gasteiger partial charge is 0.356 e. The van der Waals surface area contributed by atoms with E-state index in [1.165, 1.54) is 0 Å². The highest BCUT2D eigenvalue weighted by atomic mass is 35.5. The molecule has 0 spiro atoms. The zero-order valence-corrected chi connectivity index (χ0v) is 10.1. The molecule has 0 aliphatic heterocycles. The van der Waals surface area contributed by atoms with E-state index in [0.29, 0.717) is 11.3 Å².